The molecule has 5 heteroatoms. The molecule has 2 heterocycles. The Hall–Kier alpha value is -2.27. The molecule has 1 aliphatic heterocycles. The highest BCUT2D eigenvalue weighted by Crippen LogP contribution is 2.52. The molecule has 1 aromatic carbocycles. The summed E-state index contributed by atoms with van der Waals surface area (Å²) in [5.41, 5.74) is 1.36. The van der Waals surface area contributed by atoms with Crippen LogP contribution in [0, 0.1) is 11.3 Å². The van der Waals surface area contributed by atoms with Crippen molar-refractivity contribution < 1.29 is 9.15 Å². The fourth-order valence-corrected chi connectivity index (χ4v) is 4.66. The van der Waals surface area contributed by atoms with Crippen LogP contribution < -0.4 is 10.6 Å². The Morgan fingerprint density at radius 3 is 2.79 bits per heavy atom. The van der Waals surface area contributed by atoms with Gasteiger partial charge in [-0.3, -0.25) is 4.99 Å². The molecule has 28 heavy (non-hydrogen) atoms. The minimum absolute atomic E-state index is 0.112. The lowest BCUT2D eigenvalue weighted by Crippen LogP contribution is -2.68. The summed E-state index contributed by atoms with van der Waals surface area (Å²) in [6.45, 7) is 8.31. The first kappa shape index (κ1) is 19.1. The van der Waals surface area contributed by atoms with Crippen LogP contribution in [0.5, 0.6) is 0 Å². The number of rotatable bonds is 6. The number of hydrogen-bond donors (Lipinski definition) is 2. The van der Waals surface area contributed by atoms with E-state index in [-0.39, 0.29) is 11.5 Å². The second kappa shape index (κ2) is 8.00. The third-order valence-corrected chi connectivity index (χ3v) is 6.25. The Balaban J connectivity index is 1.46. The van der Waals surface area contributed by atoms with Crippen molar-refractivity contribution in [2.24, 2.45) is 16.3 Å². The Morgan fingerprint density at radius 1 is 1.21 bits per heavy atom. The van der Waals surface area contributed by atoms with Crippen molar-refractivity contribution in [3.8, 4) is 0 Å². The standard InChI is InChI=1S/C23H31N3O2/c1-16(17-8-5-4-6-9-17)25-22(24-13-11-18-10-7-14-27-18)26-20-19-12-15-28-21(19)23(20,2)3/h4-10,14,16,19-21H,11-13,15H2,1-3H3,(H2,24,25,26). The molecule has 5 nitrogen and oxygen atoms in total. The van der Waals surface area contributed by atoms with Crippen LogP contribution in [0.3, 0.4) is 0 Å². The number of nitrogens with zero attached hydrogens (tertiary/aromatic N) is 1. The highest BCUT2D eigenvalue weighted by Gasteiger charge is 2.59. The third-order valence-electron chi connectivity index (χ3n) is 6.25. The number of benzene rings is 1. The number of ether oxygens (including phenoxy) is 1. The van der Waals surface area contributed by atoms with Crippen LogP contribution in [-0.2, 0) is 11.2 Å². The molecule has 1 aliphatic carbocycles. The Kier molecular flexibility index (Phi) is 5.44. The molecule has 0 radical (unpaired) electrons. The van der Waals surface area contributed by atoms with E-state index in [9.17, 15) is 0 Å². The number of hydrogen-bond acceptors (Lipinski definition) is 3. The topological polar surface area (TPSA) is 58.8 Å². The van der Waals surface area contributed by atoms with Crippen LogP contribution >= 0.6 is 0 Å². The normalized spacial score (nSPS) is 27.0. The summed E-state index contributed by atoms with van der Waals surface area (Å²) >= 11 is 0. The van der Waals surface area contributed by atoms with E-state index >= 15 is 0 Å². The SMILES string of the molecule is CC(NC(=NCCc1ccco1)NC1C2CCOC2C1(C)C)c1ccccc1. The number of furan rings is 1. The highest BCUT2D eigenvalue weighted by molar-refractivity contribution is 5.81. The second-order valence-electron chi connectivity index (χ2n) is 8.52. The summed E-state index contributed by atoms with van der Waals surface area (Å²) in [5, 5.41) is 7.32. The van der Waals surface area contributed by atoms with Crippen LogP contribution in [0.25, 0.3) is 0 Å². The minimum Gasteiger partial charge on any atom is -0.469 e. The molecule has 2 fully saturated rings. The van der Waals surface area contributed by atoms with Crippen LogP contribution in [0.4, 0.5) is 0 Å². The summed E-state index contributed by atoms with van der Waals surface area (Å²) in [6.07, 6.45) is 3.99. The van der Waals surface area contributed by atoms with Crippen LogP contribution in [0.2, 0.25) is 0 Å². The van der Waals surface area contributed by atoms with Crippen molar-refractivity contribution in [1.29, 1.82) is 0 Å². The number of nitrogens with one attached hydrogen (secondary N) is 2. The monoisotopic (exact) mass is 381 g/mol. The lowest BCUT2D eigenvalue weighted by Gasteiger charge is -2.55. The van der Waals surface area contributed by atoms with E-state index in [1.165, 1.54) is 5.56 Å². The lowest BCUT2D eigenvalue weighted by atomic mass is 9.57. The molecular weight excluding hydrogens is 350 g/mol. The van der Waals surface area contributed by atoms with Gasteiger partial charge in [0.1, 0.15) is 5.76 Å². The number of guanidine groups is 1. The van der Waals surface area contributed by atoms with Gasteiger partial charge in [-0.1, -0.05) is 44.2 Å². The molecule has 4 rings (SSSR count). The maximum atomic E-state index is 5.95. The summed E-state index contributed by atoms with van der Waals surface area (Å²) < 4.78 is 11.4. The van der Waals surface area contributed by atoms with E-state index in [0.717, 1.165) is 31.2 Å². The van der Waals surface area contributed by atoms with E-state index in [2.05, 4.69) is 55.7 Å². The largest absolute Gasteiger partial charge is 0.469 e. The van der Waals surface area contributed by atoms with Crippen molar-refractivity contribution in [2.45, 2.75) is 51.8 Å². The molecule has 1 saturated heterocycles. The molecule has 2 aliphatic rings. The molecular formula is C23H31N3O2. The first-order valence-corrected chi connectivity index (χ1v) is 10.3. The van der Waals surface area contributed by atoms with Crippen molar-refractivity contribution in [1.82, 2.24) is 10.6 Å². The van der Waals surface area contributed by atoms with Crippen molar-refractivity contribution in [3.63, 3.8) is 0 Å². The van der Waals surface area contributed by atoms with Crippen molar-refractivity contribution in [3.05, 3.63) is 60.1 Å². The summed E-state index contributed by atoms with van der Waals surface area (Å²) in [4.78, 5) is 4.86. The molecule has 150 valence electrons. The van der Waals surface area contributed by atoms with E-state index in [1.54, 1.807) is 6.26 Å². The fraction of sp³-hybridized carbons (Fsp3) is 0.522. The van der Waals surface area contributed by atoms with Crippen LogP contribution in [-0.4, -0.2) is 31.3 Å². The zero-order chi connectivity index (χ0) is 19.6. The van der Waals surface area contributed by atoms with Gasteiger partial charge in [0.25, 0.3) is 0 Å². The highest BCUT2D eigenvalue weighted by atomic mass is 16.5. The maximum Gasteiger partial charge on any atom is 0.191 e. The summed E-state index contributed by atoms with van der Waals surface area (Å²) in [6, 6.07) is 15.0. The predicted molar refractivity (Wildman–Crippen MR) is 111 cm³/mol. The molecule has 0 amide bonds. The van der Waals surface area contributed by atoms with Gasteiger partial charge >= 0.3 is 0 Å². The Bertz CT molecular complexity index is 785. The fourth-order valence-electron chi connectivity index (χ4n) is 4.66. The van der Waals surface area contributed by atoms with Gasteiger partial charge in [-0.15, -0.1) is 0 Å². The molecule has 2 aromatic rings. The Labute approximate surface area is 167 Å². The molecule has 0 spiro atoms. The average molecular weight is 382 g/mol. The van der Waals surface area contributed by atoms with Gasteiger partial charge in [0.15, 0.2) is 5.96 Å². The van der Waals surface area contributed by atoms with Gasteiger partial charge in [-0.2, -0.15) is 0 Å². The number of fused-ring (bicyclic) bond motifs is 1. The minimum atomic E-state index is 0.112. The quantitative estimate of drug-likeness (QED) is 0.588. The lowest BCUT2D eigenvalue weighted by molar-refractivity contribution is -0.106. The van der Waals surface area contributed by atoms with Crippen LogP contribution in [0.1, 0.15) is 44.6 Å². The van der Waals surface area contributed by atoms with E-state index < -0.39 is 0 Å². The number of aliphatic imine (C=N–C) groups is 1. The first-order chi connectivity index (χ1) is 13.6. The molecule has 1 aromatic heterocycles. The van der Waals surface area contributed by atoms with Crippen molar-refractivity contribution >= 4 is 5.96 Å². The van der Waals surface area contributed by atoms with Gasteiger partial charge in [-0.05, 0) is 31.0 Å². The van der Waals surface area contributed by atoms with Gasteiger partial charge in [0.2, 0.25) is 0 Å². The third kappa shape index (κ3) is 3.81. The first-order valence-electron chi connectivity index (χ1n) is 10.3. The van der Waals surface area contributed by atoms with E-state index in [1.807, 2.05) is 18.2 Å². The van der Waals surface area contributed by atoms with E-state index in [0.29, 0.717) is 24.6 Å². The smallest absolute Gasteiger partial charge is 0.191 e. The van der Waals surface area contributed by atoms with Gasteiger partial charge < -0.3 is 19.8 Å². The zero-order valence-corrected chi connectivity index (χ0v) is 17.0. The van der Waals surface area contributed by atoms with Gasteiger partial charge in [0, 0.05) is 36.9 Å². The molecule has 2 N–H and O–H groups in total. The molecule has 4 atom stereocenters. The zero-order valence-electron chi connectivity index (χ0n) is 17.0. The maximum absolute atomic E-state index is 5.95. The molecule has 1 saturated carbocycles. The summed E-state index contributed by atoms with van der Waals surface area (Å²) in [5.74, 6) is 2.40. The van der Waals surface area contributed by atoms with Crippen molar-refractivity contribution in [2.75, 3.05) is 13.2 Å². The summed E-state index contributed by atoms with van der Waals surface area (Å²) in [7, 11) is 0. The molecule has 4 unspecified atom stereocenters. The Morgan fingerprint density at radius 2 is 2.04 bits per heavy atom. The van der Waals surface area contributed by atoms with Gasteiger partial charge in [-0.25, -0.2) is 0 Å². The average Bonchev–Trinajstić information content (AvgIpc) is 3.37. The van der Waals surface area contributed by atoms with E-state index in [4.69, 9.17) is 14.1 Å². The molecule has 0 bridgehead atoms. The predicted octanol–water partition coefficient (Wildman–Crippen LogP) is 3.93. The van der Waals surface area contributed by atoms with Crippen LogP contribution in [0.15, 0.2) is 58.1 Å². The second-order valence-corrected chi connectivity index (χ2v) is 8.52. The van der Waals surface area contributed by atoms with Gasteiger partial charge in [0.05, 0.1) is 18.4 Å².